The van der Waals surface area contributed by atoms with Gasteiger partial charge in [0.2, 0.25) is 10.0 Å². The molecule has 1 atom stereocenters. The Morgan fingerprint density at radius 3 is 2.39 bits per heavy atom. The van der Waals surface area contributed by atoms with E-state index in [2.05, 4.69) is 0 Å². The fourth-order valence-corrected chi connectivity index (χ4v) is 4.96. The molecule has 28 heavy (non-hydrogen) atoms. The molecule has 0 radical (unpaired) electrons. The molecule has 152 valence electrons. The molecule has 0 aliphatic carbocycles. The lowest BCUT2D eigenvalue weighted by atomic mass is 10.0. The molecule has 0 amide bonds. The number of halogens is 4. The summed E-state index contributed by atoms with van der Waals surface area (Å²) in [4.78, 5) is -0.227. The Morgan fingerprint density at radius 1 is 1.11 bits per heavy atom. The standard InChI is InChI=1S/C19H19F4NO3S/c1-2-24(18(19(21,22)23)14-3-6-16(20)7-4-14)28(25,26)17-8-5-13-9-10-27-12-15(13)11-17/h3-8,11,18H,2,9-10,12H2,1H3. The van der Waals surface area contributed by atoms with Gasteiger partial charge in [0.1, 0.15) is 11.9 Å². The van der Waals surface area contributed by atoms with Crippen molar-refractivity contribution in [2.24, 2.45) is 0 Å². The molecule has 2 aromatic rings. The Morgan fingerprint density at radius 2 is 1.79 bits per heavy atom. The van der Waals surface area contributed by atoms with Crippen molar-refractivity contribution < 1.29 is 30.7 Å². The number of nitrogens with zero attached hydrogens (tertiary/aromatic N) is 1. The van der Waals surface area contributed by atoms with Crippen LogP contribution >= 0.6 is 0 Å². The summed E-state index contributed by atoms with van der Waals surface area (Å²) in [6.45, 7) is 1.66. The van der Waals surface area contributed by atoms with Gasteiger partial charge in [0.25, 0.3) is 0 Å². The van der Waals surface area contributed by atoms with Crippen LogP contribution in [0.25, 0.3) is 0 Å². The Bertz CT molecular complexity index is 943. The summed E-state index contributed by atoms with van der Waals surface area (Å²) in [5.41, 5.74) is 1.22. The molecule has 0 aromatic heterocycles. The summed E-state index contributed by atoms with van der Waals surface area (Å²) in [5.74, 6) is -0.703. The molecule has 1 aliphatic heterocycles. The van der Waals surface area contributed by atoms with Gasteiger partial charge in [0.15, 0.2) is 0 Å². The first kappa shape index (κ1) is 20.8. The van der Waals surface area contributed by atoms with Crippen molar-refractivity contribution in [3.8, 4) is 0 Å². The van der Waals surface area contributed by atoms with Gasteiger partial charge >= 0.3 is 6.18 Å². The predicted molar refractivity (Wildman–Crippen MR) is 94.6 cm³/mol. The second-order valence-corrected chi connectivity index (χ2v) is 8.33. The first-order valence-electron chi connectivity index (χ1n) is 8.68. The number of ether oxygens (including phenoxy) is 1. The van der Waals surface area contributed by atoms with E-state index in [1.54, 1.807) is 6.07 Å². The van der Waals surface area contributed by atoms with Crippen LogP contribution in [-0.4, -0.2) is 32.1 Å². The van der Waals surface area contributed by atoms with Crippen molar-refractivity contribution in [2.45, 2.75) is 37.1 Å². The van der Waals surface area contributed by atoms with Crippen molar-refractivity contribution in [1.29, 1.82) is 0 Å². The molecule has 9 heteroatoms. The monoisotopic (exact) mass is 417 g/mol. The SMILES string of the molecule is CCN(C(c1ccc(F)cc1)C(F)(F)F)S(=O)(=O)c1ccc2c(c1)COCC2. The van der Waals surface area contributed by atoms with Crippen LogP contribution in [0, 0.1) is 5.82 Å². The number of rotatable bonds is 5. The minimum absolute atomic E-state index is 0.214. The highest BCUT2D eigenvalue weighted by Gasteiger charge is 2.48. The van der Waals surface area contributed by atoms with E-state index in [1.165, 1.54) is 19.1 Å². The maximum atomic E-state index is 13.8. The Labute approximate surface area is 160 Å². The largest absolute Gasteiger partial charge is 0.409 e. The lowest BCUT2D eigenvalue weighted by Crippen LogP contribution is -2.42. The highest BCUT2D eigenvalue weighted by Crippen LogP contribution is 2.40. The zero-order valence-corrected chi connectivity index (χ0v) is 15.9. The molecule has 1 unspecified atom stereocenters. The van der Waals surface area contributed by atoms with Crippen LogP contribution in [0.3, 0.4) is 0 Å². The number of benzene rings is 2. The Balaban J connectivity index is 2.07. The molecule has 0 saturated heterocycles. The van der Waals surface area contributed by atoms with Crippen molar-refractivity contribution in [1.82, 2.24) is 4.31 Å². The van der Waals surface area contributed by atoms with Gasteiger partial charge in [-0.15, -0.1) is 0 Å². The van der Waals surface area contributed by atoms with Gasteiger partial charge in [-0.05, 0) is 47.4 Å². The van der Waals surface area contributed by atoms with E-state index in [1.807, 2.05) is 0 Å². The molecule has 0 saturated carbocycles. The minimum atomic E-state index is -4.88. The molecule has 2 aromatic carbocycles. The van der Waals surface area contributed by atoms with E-state index in [9.17, 15) is 26.0 Å². The van der Waals surface area contributed by atoms with Crippen molar-refractivity contribution in [3.05, 3.63) is 65.0 Å². The van der Waals surface area contributed by atoms with Gasteiger partial charge in [-0.25, -0.2) is 12.8 Å². The fourth-order valence-electron chi connectivity index (χ4n) is 3.30. The average Bonchev–Trinajstić information content (AvgIpc) is 2.65. The third-order valence-corrected chi connectivity index (χ3v) is 6.59. The lowest BCUT2D eigenvalue weighted by molar-refractivity contribution is -0.173. The topological polar surface area (TPSA) is 46.6 Å². The molecule has 1 aliphatic rings. The fraction of sp³-hybridized carbons (Fsp3) is 0.368. The molecule has 0 spiro atoms. The summed E-state index contributed by atoms with van der Waals surface area (Å²) < 4.78 is 86.6. The number of sulfonamides is 1. The highest BCUT2D eigenvalue weighted by atomic mass is 32.2. The normalized spacial score (nSPS) is 16.1. The van der Waals surface area contributed by atoms with Crippen LogP contribution in [0.4, 0.5) is 17.6 Å². The number of fused-ring (bicyclic) bond motifs is 1. The smallest absolute Gasteiger partial charge is 0.376 e. The summed E-state index contributed by atoms with van der Waals surface area (Å²) in [6, 6.07) is 5.54. The van der Waals surface area contributed by atoms with Crippen LogP contribution in [0.1, 0.15) is 29.7 Å². The molecular weight excluding hydrogens is 398 g/mol. The van der Waals surface area contributed by atoms with E-state index in [0.29, 0.717) is 22.9 Å². The van der Waals surface area contributed by atoms with Crippen molar-refractivity contribution in [3.63, 3.8) is 0 Å². The molecule has 0 fully saturated rings. The summed E-state index contributed by atoms with van der Waals surface area (Å²) in [7, 11) is -4.46. The summed E-state index contributed by atoms with van der Waals surface area (Å²) in [5, 5.41) is 0. The van der Waals surface area contributed by atoms with Crippen LogP contribution in [0.5, 0.6) is 0 Å². The van der Waals surface area contributed by atoms with Gasteiger partial charge in [-0.2, -0.15) is 17.5 Å². The third kappa shape index (κ3) is 4.06. The molecule has 4 nitrogen and oxygen atoms in total. The maximum Gasteiger partial charge on any atom is 0.409 e. The highest BCUT2D eigenvalue weighted by molar-refractivity contribution is 7.89. The first-order chi connectivity index (χ1) is 13.1. The average molecular weight is 417 g/mol. The second kappa shape index (κ2) is 7.81. The Hall–Kier alpha value is -1.97. The zero-order valence-electron chi connectivity index (χ0n) is 15.0. The van der Waals surface area contributed by atoms with Crippen molar-refractivity contribution >= 4 is 10.0 Å². The number of hydrogen-bond donors (Lipinski definition) is 0. The Kier molecular flexibility index (Phi) is 5.79. The number of hydrogen-bond acceptors (Lipinski definition) is 3. The van der Waals surface area contributed by atoms with Gasteiger partial charge in [-0.3, -0.25) is 0 Å². The molecule has 0 N–H and O–H groups in total. The second-order valence-electron chi connectivity index (χ2n) is 6.44. The first-order valence-corrected chi connectivity index (χ1v) is 10.1. The van der Waals surface area contributed by atoms with Crippen molar-refractivity contribution in [2.75, 3.05) is 13.2 Å². The summed E-state index contributed by atoms with van der Waals surface area (Å²) in [6.07, 6.45) is -4.26. The van der Waals surface area contributed by atoms with E-state index in [4.69, 9.17) is 4.74 Å². The van der Waals surface area contributed by atoms with Gasteiger partial charge < -0.3 is 4.74 Å². The van der Waals surface area contributed by atoms with Gasteiger partial charge in [0, 0.05) is 6.54 Å². The third-order valence-electron chi connectivity index (χ3n) is 4.65. The van der Waals surface area contributed by atoms with E-state index < -0.39 is 34.6 Å². The molecular formula is C19H19F4NO3S. The van der Waals surface area contributed by atoms with E-state index >= 15 is 0 Å². The quantitative estimate of drug-likeness (QED) is 0.685. The molecule has 0 bridgehead atoms. The molecule has 3 rings (SSSR count). The van der Waals surface area contributed by atoms with Crippen LogP contribution in [0.15, 0.2) is 47.4 Å². The lowest BCUT2D eigenvalue weighted by Gasteiger charge is -2.32. The maximum absolute atomic E-state index is 13.8. The summed E-state index contributed by atoms with van der Waals surface area (Å²) >= 11 is 0. The minimum Gasteiger partial charge on any atom is -0.376 e. The van der Waals surface area contributed by atoms with Gasteiger partial charge in [-0.1, -0.05) is 25.1 Å². The number of alkyl halides is 3. The van der Waals surface area contributed by atoms with Crippen LogP contribution in [0.2, 0.25) is 0 Å². The zero-order chi connectivity index (χ0) is 20.5. The van der Waals surface area contributed by atoms with Gasteiger partial charge in [0.05, 0.1) is 18.1 Å². The molecule has 1 heterocycles. The van der Waals surface area contributed by atoms with E-state index in [0.717, 1.165) is 29.8 Å². The predicted octanol–water partition coefficient (Wildman–Crippen LogP) is 4.21. The van der Waals surface area contributed by atoms with Crippen LogP contribution < -0.4 is 0 Å². The van der Waals surface area contributed by atoms with Crippen LogP contribution in [-0.2, 0) is 27.8 Å². The van der Waals surface area contributed by atoms with E-state index in [-0.39, 0.29) is 17.1 Å².